The number of nitrogen functional groups attached to an aromatic ring is 1. The van der Waals surface area contributed by atoms with Gasteiger partial charge in [-0.25, -0.2) is 13.8 Å². The average molecular weight is 266 g/mol. The second kappa shape index (κ2) is 4.60. The Kier molecular flexibility index (Phi) is 3.26. The van der Waals surface area contributed by atoms with Crippen LogP contribution < -0.4 is 5.73 Å². The van der Waals surface area contributed by atoms with Crippen molar-refractivity contribution in [1.29, 1.82) is 0 Å². The maximum Gasteiger partial charge on any atom is 0.274 e. The Balaban J connectivity index is 2.45. The molecule has 6 heteroatoms. The highest BCUT2D eigenvalue weighted by Crippen LogP contribution is 2.33. The van der Waals surface area contributed by atoms with Gasteiger partial charge in [0.05, 0.1) is 11.3 Å². The lowest BCUT2D eigenvalue weighted by Gasteiger charge is -2.13. The molecule has 4 nitrogen and oxygen atoms in total. The van der Waals surface area contributed by atoms with Gasteiger partial charge in [-0.15, -0.1) is 0 Å². The third-order valence-corrected chi connectivity index (χ3v) is 2.82. The minimum absolute atomic E-state index is 0.153. The van der Waals surface area contributed by atoms with E-state index in [1.54, 1.807) is 16.9 Å². The molecule has 0 fully saturated rings. The molecule has 0 saturated carbocycles. The number of hydrogen-bond acceptors (Lipinski definition) is 3. The Morgan fingerprint density at radius 3 is 2.58 bits per heavy atom. The van der Waals surface area contributed by atoms with Gasteiger partial charge in [0.15, 0.2) is 0 Å². The number of nitrogens with two attached hydrogens (primary N) is 1. The first-order valence-corrected chi connectivity index (χ1v) is 5.98. The fraction of sp³-hybridized carbons (Fsp3) is 0.385. The maximum absolute atomic E-state index is 13.4. The van der Waals surface area contributed by atoms with E-state index in [1.807, 2.05) is 13.8 Å². The molecular weight excluding hydrogens is 250 g/mol. The average Bonchev–Trinajstić information content (AvgIpc) is 2.77. The van der Waals surface area contributed by atoms with Crippen LogP contribution in [0.2, 0.25) is 0 Å². The van der Waals surface area contributed by atoms with E-state index in [-0.39, 0.29) is 17.4 Å². The number of rotatable bonds is 3. The SMILES string of the molecule is CC(C)n1ccc(-c2cnc(N)c(C(C)(F)F)c2)n1. The van der Waals surface area contributed by atoms with Gasteiger partial charge in [0.1, 0.15) is 5.82 Å². The molecule has 0 atom stereocenters. The van der Waals surface area contributed by atoms with Crippen molar-refractivity contribution in [3.05, 3.63) is 30.1 Å². The van der Waals surface area contributed by atoms with Crippen molar-refractivity contribution >= 4 is 5.82 Å². The van der Waals surface area contributed by atoms with Gasteiger partial charge in [0.25, 0.3) is 5.92 Å². The number of pyridine rings is 1. The first-order chi connectivity index (χ1) is 8.79. The zero-order valence-corrected chi connectivity index (χ0v) is 11.1. The molecule has 19 heavy (non-hydrogen) atoms. The van der Waals surface area contributed by atoms with Crippen LogP contribution in [0.25, 0.3) is 11.3 Å². The second-order valence-electron chi connectivity index (χ2n) is 4.82. The molecule has 2 aromatic rings. The molecule has 0 radical (unpaired) electrons. The van der Waals surface area contributed by atoms with Gasteiger partial charge < -0.3 is 5.73 Å². The van der Waals surface area contributed by atoms with Crippen LogP contribution in [0.1, 0.15) is 32.4 Å². The molecule has 0 aliphatic rings. The summed E-state index contributed by atoms with van der Waals surface area (Å²) in [5.41, 5.74) is 6.35. The molecule has 2 N–H and O–H groups in total. The normalized spacial score (nSPS) is 12.1. The molecule has 102 valence electrons. The zero-order chi connectivity index (χ0) is 14.2. The predicted octanol–water partition coefficient (Wildman–Crippen LogP) is 3.22. The van der Waals surface area contributed by atoms with Crippen LogP contribution in [0.4, 0.5) is 14.6 Å². The topological polar surface area (TPSA) is 56.7 Å². The molecule has 2 heterocycles. The second-order valence-corrected chi connectivity index (χ2v) is 4.82. The molecule has 2 rings (SSSR count). The van der Waals surface area contributed by atoms with E-state index in [4.69, 9.17) is 5.73 Å². The van der Waals surface area contributed by atoms with Gasteiger partial charge in [-0.3, -0.25) is 4.68 Å². The third-order valence-electron chi connectivity index (χ3n) is 2.82. The quantitative estimate of drug-likeness (QED) is 0.928. The van der Waals surface area contributed by atoms with E-state index >= 15 is 0 Å². The number of alkyl halides is 2. The lowest BCUT2D eigenvalue weighted by Crippen LogP contribution is -2.12. The van der Waals surface area contributed by atoms with Crippen LogP contribution >= 0.6 is 0 Å². The highest BCUT2D eigenvalue weighted by Gasteiger charge is 2.28. The summed E-state index contributed by atoms with van der Waals surface area (Å²) in [5.74, 6) is -3.17. The number of halogens is 2. The Morgan fingerprint density at radius 1 is 1.37 bits per heavy atom. The van der Waals surface area contributed by atoms with Gasteiger partial charge in [0.2, 0.25) is 0 Å². The molecule has 0 aliphatic carbocycles. The highest BCUT2D eigenvalue weighted by atomic mass is 19.3. The van der Waals surface area contributed by atoms with Gasteiger partial charge in [-0.2, -0.15) is 5.10 Å². The van der Waals surface area contributed by atoms with Crippen molar-refractivity contribution in [3.8, 4) is 11.3 Å². The van der Waals surface area contributed by atoms with Crippen molar-refractivity contribution in [2.45, 2.75) is 32.7 Å². The van der Waals surface area contributed by atoms with Crippen molar-refractivity contribution in [1.82, 2.24) is 14.8 Å². The summed E-state index contributed by atoms with van der Waals surface area (Å²) in [4.78, 5) is 3.82. The monoisotopic (exact) mass is 266 g/mol. The largest absolute Gasteiger partial charge is 0.383 e. The van der Waals surface area contributed by atoms with Crippen LogP contribution in [0.5, 0.6) is 0 Å². The first kappa shape index (κ1) is 13.5. The first-order valence-electron chi connectivity index (χ1n) is 5.98. The van der Waals surface area contributed by atoms with E-state index in [0.29, 0.717) is 11.3 Å². The number of nitrogens with zero attached hydrogens (tertiary/aromatic N) is 3. The minimum Gasteiger partial charge on any atom is -0.383 e. The lowest BCUT2D eigenvalue weighted by atomic mass is 10.1. The van der Waals surface area contributed by atoms with Crippen molar-refractivity contribution in [2.24, 2.45) is 0 Å². The van der Waals surface area contributed by atoms with Gasteiger partial charge in [-0.05, 0) is 26.0 Å². The molecule has 0 spiro atoms. The fourth-order valence-electron chi connectivity index (χ4n) is 1.75. The summed E-state index contributed by atoms with van der Waals surface area (Å²) < 4.78 is 28.6. The van der Waals surface area contributed by atoms with E-state index in [1.165, 1.54) is 12.3 Å². The summed E-state index contributed by atoms with van der Waals surface area (Å²) >= 11 is 0. The molecule has 0 saturated heterocycles. The van der Waals surface area contributed by atoms with Crippen LogP contribution in [-0.2, 0) is 5.92 Å². The van der Waals surface area contributed by atoms with Crippen molar-refractivity contribution in [3.63, 3.8) is 0 Å². The van der Waals surface area contributed by atoms with Gasteiger partial charge in [-0.1, -0.05) is 0 Å². The Morgan fingerprint density at radius 2 is 2.05 bits per heavy atom. The van der Waals surface area contributed by atoms with E-state index in [0.717, 1.165) is 6.92 Å². The van der Waals surface area contributed by atoms with Crippen LogP contribution in [-0.4, -0.2) is 14.8 Å². The van der Waals surface area contributed by atoms with Crippen LogP contribution in [0.15, 0.2) is 24.5 Å². The molecule has 0 amide bonds. The van der Waals surface area contributed by atoms with Gasteiger partial charge in [0, 0.05) is 30.9 Å². The highest BCUT2D eigenvalue weighted by molar-refractivity contribution is 5.62. The number of hydrogen-bond donors (Lipinski definition) is 1. The van der Waals surface area contributed by atoms with Crippen molar-refractivity contribution < 1.29 is 8.78 Å². The summed E-state index contributed by atoms with van der Waals surface area (Å²) in [5, 5.41) is 4.32. The van der Waals surface area contributed by atoms with E-state index in [9.17, 15) is 8.78 Å². The Labute approximate surface area is 110 Å². The Bertz CT molecular complexity index is 585. The molecule has 0 aliphatic heterocycles. The summed E-state index contributed by atoms with van der Waals surface area (Å²) in [6.45, 7) is 4.78. The molecule has 2 aromatic heterocycles. The van der Waals surface area contributed by atoms with Gasteiger partial charge >= 0.3 is 0 Å². The summed E-state index contributed by atoms with van der Waals surface area (Å²) in [6.07, 6.45) is 3.26. The van der Waals surface area contributed by atoms with E-state index in [2.05, 4.69) is 10.1 Å². The maximum atomic E-state index is 13.4. The summed E-state index contributed by atoms with van der Waals surface area (Å²) in [7, 11) is 0. The molecule has 0 aromatic carbocycles. The molecule has 0 unspecified atom stereocenters. The predicted molar refractivity (Wildman–Crippen MR) is 69.8 cm³/mol. The van der Waals surface area contributed by atoms with Crippen molar-refractivity contribution in [2.75, 3.05) is 5.73 Å². The molecular formula is C13H16F2N4. The Hall–Kier alpha value is -1.98. The van der Waals surface area contributed by atoms with Crippen LogP contribution in [0, 0.1) is 0 Å². The minimum atomic E-state index is -3.02. The molecule has 0 bridgehead atoms. The standard InChI is InChI=1S/C13H16F2N4/c1-8(2)19-5-4-11(18-19)9-6-10(13(3,14)15)12(16)17-7-9/h4-8H,1-3H3,(H2,16,17). The number of anilines is 1. The zero-order valence-electron chi connectivity index (χ0n) is 11.1. The summed E-state index contributed by atoms with van der Waals surface area (Å²) in [6, 6.07) is 3.32. The third kappa shape index (κ3) is 2.72. The van der Waals surface area contributed by atoms with E-state index < -0.39 is 5.92 Å². The van der Waals surface area contributed by atoms with Crippen LogP contribution in [0.3, 0.4) is 0 Å². The fourth-order valence-corrected chi connectivity index (χ4v) is 1.75. The smallest absolute Gasteiger partial charge is 0.274 e. The lowest BCUT2D eigenvalue weighted by molar-refractivity contribution is 0.0180. The number of aromatic nitrogens is 3.